The summed E-state index contributed by atoms with van der Waals surface area (Å²) in [5.41, 5.74) is 0.935. The summed E-state index contributed by atoms with van der Waals surface area (Å²) < 4.78 is 1.73. The lowest BCUT2D eigenvalue weighted by molar-refractivity contribution is 0.727. The zero-order valence-electron chi connectivity index (χ0n) is 10.5. The van der Waals surface area contributed by atoms with E-state index in [9.17, 15) is 0 Å². The molecular weight excluding hydrogens is 240 g/mol. The second kappa shape index (κ2) is 5.06. The molecule has 6 nitrogen and oxygen atoms in total. The number of para-hydroxylation sites is 1. The monoisotopic (exact) mass is 254 g/mol. The Morgan fingerprint density at radius 3 is 2.79 bits per heavy atom. The molecular formula is C13H14N6. The first-order chi connectivity index (χ1) is 9.40. The number of aromatic nitrogens is 4. The van der Waals surface area contributed by atoms with Gasteiger partial charge in [0.15, 0.2) is 0 Å². The third-order valence-corrected chi connectivity index (χ3v) is 3.16. The molecule has 0 saturated heterocycles. The van der Waals surface area contributed by atoms with Crippen molar-refractivity contribution < 1.29 is 0 Å². The standard InChI is InChI=1S/C13H14N6/c14-9-4-10-18(11-7-8-11)13-15-16-17-19(13)12-5-2-1-3-6-12/h1-3,5-6,11H,4,7-8,10H2. The van der Waals surface area contributed by atoms with Crippen LogP contribution in [0.2, 0.25) is 0 Å². The summed E-state index contributed by atoms with van der Waals surface area (Å²) in [7, 11) is 0. The van der Waals surface area contributed by atoms with Crippen molar-refractivity contribution in [2.24, 2.45) is 0 Å². The summed E-state index contributed by atoms with van der Waals surface area (Å²) in [6, 6.07) is 12.5. The van der Waals surface area contributed by atoms with E-state index in [-0.39, 0.29) is 0 Å². The normalized spacial score (nSPS) is 14.1. The maximum Gasteiger partial charge on any atom is 0.250 e. The third kappa shape index (κ3) is 2.40. The second-order valence-corrected chi connectivity index (χ2v) is 4.56. The van der Waals surface area contributed by atoms with Crippen LogP contribution in [-0.2, 0) is 0 Å². The second-order valence-electron chi connectivity index (χ2n) is 4.56. The predicted octanol–water partition coefficient (Wildman–Crippen LogP) is 1.54. The largest absolute Gasteiger partial charge is 0.335 e. The summed E-state index contributed by atoms with van der Waals surface area (Å²) in [6.07, 6.45) is 2.78. The van der Waals surface area contributed by atoms with Gasteiger partial charge in [-0.15, -0.1) is 0 Å². The average Bonchev–Trinajstić information content (AvgIpc) is 3.17. The van der Waals surface area contributed by atoms with E-state index in [1.807, 2.05) is 30.3 Å². The molecule has 96 valence electrons. The Hall–Kier alpha value is -2.42. The zero-order valence-corrected chi connectivity index (χ0v) is 10.5. The van der Waals surface area contributed by atoms with Crippen molar-refractivity contribution in [3.8, 4) is 11.8 Å². The maximum atomic E-state index is 8.77. The Bertz CT molecular complexity index is 581. The highest BCUT2D eigenvalue weighted by molar-refractivity contribution is 5.42. The van der Waals surface area contributed by atoms with Gasteiger partial charge in [-0.05, 0) is 35.4 Å². The average molecular weight is 254 g/mol. The van der Waals surface area contributed by atoms with Crippen LogP contribution >= 0.6 is 0 Å². The smallest absolute Gasteiger partial charge is 0.250 e. The molecule has 0 atom stereocenters. The summed E-state index contributed by atoms with van der Waals surface area (Å²) in [5, 5.41) is 20.7. The SMILES string of the molecule is N#CCCN(c1nnnn1-c1ccccc1)C1CC1. The molecule has 3 rings (SSSR count). The highest BCUT2D eigenvalue weighted by Crippen LogP contribution is 2.31. The van der Waals surface area contributed by atoms with Crippen molar-refractivity contribution in [2.45, 2.75) is 25.3 Å². The van der Waals surface area contributed by atoms with Crippen LogP contribution in [0, 0.1) is 11.3 Å². The number of benzene rings is 1. The molecule has 1 aromatic carbocycles. The highest BCUT2D eigenvalue weighted by atomic mass is 15.6. The maximum absolute atomic E-state index is 8.77. The molecule has 1 aromatic heterocycles. The van der Waals surface area contributed by atoms with E-state index in [1.165, 1.54) is 0 Å². The molecule has 0 bridgehead atoms. The fourth-order valence-electron chi connectivity index (χ4n) is 2.10. The molecule has 1 aliphatic rings. The van der Waals surface area contributed by atoms with Gasteiger partial charge >= 0.3 is 0 Å². The third-order valence-electron chi connectivity index (χ3n) is 3.16. The Labute approximate surface area is 111 Å². The van der Waals surface area contributed by atoms with Gasteiger partial charge in [0.1, 0.15) is 0 Å². The van der Waals surface area contributed by atoms with E-state index in [1.54, 1.807) is 4.68 Å². The molecule has 0 aliphatic heterocycles. The molecule has 1 fully saturated rings. The summed E-state index contributed by atoms with van der Waals surface area (Å²) >= 11 is 0. The molecule has 1 heterocycles. The lowest BCUT2D eigenvalue weighted by Gasteiger charge is -2.21. The van der Waals surface area contributed by atoms with Gasteiger partial charge in [-0.2, -0.15) is 9.94 Å². The quantitative estimate of drug-likeness (QED) is 0.809. The number of anilines is 1. The summed E-state index contributed by atoms with van der Waals surface area (Å²) in [6.45, 7) is 0.675. The minimum absolute atomic E-state index is 0.474. The Morgan fingerprint density at radius 2 is 2.11 bits per heavy atom. The van der Waals surface area contributed by atoms with E-state index in [0.717, 1.165) is 24.5 Å². The molecule has 0 radical (unpaired) electrons. The van der Waals surface area contributed by atoms with E-state index in [0.29, 0.717) is 19.0 Å². The summed E-state index contributed by atoms with van der Waals surface area (Å²) in [5.74, 6) is 0.726. The fraction of sp³-hybridized carbons (Fsp3) is 0.385. The first-order valence-corrected chi connectivity index (χ1v) is 6.37. The van der Waals surface area contributed by atoms with Crippen molar-refractivity contribution in [2.75, 3.05) is 11.4 Å². The molecule has 0 amide bonds. The van der Waals surface area contributed by atoms with Crippen molar-refractivity contribution >= 4 is 5.95 Å². The zero-order chi connectivity index (χ0) is 13.1. The van der Waals surface area contributed by atoms with Crippen LogP contribution < -0.4 is 4.90 Å². The van der Waals surface area contributed by atoms with Gasteiger partial charge in [0.05, 0.1) is 18.2 Å². The van der Waals surface area contributed by atoms with Crippen molar-refractivity contribution in [3.63, 3.8) is 0 Å². The van der Waals surface area contributed by atoms with Gasteiger partial charge in [0.25, 0.3) is 5.95 Å². The Balaban J connectivity index is 1.92. The minimum Gasteiger partial charge on any atom is -0.335 e. The number of hydrogen-bond acceptors (Lipinski definition) is 5. The number of hydrogen-bond donors (Lipinski definition) is 0. The van der Waals surface area contributed by atoms with E-state index in [2.05, 4.69) is 26.5 Å². The first kappa shape index (κ1) is 11.7. The summed E-state index contributed by atoms with van der Waals surface area (Å²) in [4.78, 5) is 2.14. The van der Waals surface area contributed by atoms with Crippen LogP contribution in [0.15, 0.2) is 30.3 Å². The predicted molar refractivity (Wildman–Crippen MR) is 69.8 cm³/mol. The number of nitrogens with zero attached hydrogens (tertiary/aromatic N) is 6. The Kier molecular flexibility index (Phi) is 3.11. The van der Waals surface area contributed by atoms with Gasteiger partial charge in [0, 0.05) is 12.6 Å². The molecule has 2 aromatic rings. The minimum atomic E-state index is 0.474. The fourth-order valence-corrected chi connectivity index (χ4v) is 2.10. The molecule has 6 heteroatoms. The molecule has 0 spiro atoms. The van der Waals surface area contributed by atoms with Crippen LogP contribution in [0.3, 0.4) is 0 Å². The van der Waals surface area contributed by atoms with Gasteiger partial charge in [-0.1, -0.05) is 23.3 Å². The molecule has 1 aliphatic carbocycles. The topological polar surface area (TPSA) is 70.6 Å². The number of rotatable bonds is 5. The van der Waals surface area contributed by atoms with Crippen molar-refractivity contribution in [3.05, 3.63) is 30.3 Å². The first-order valence-electron chi connectivity index (χ1n) is 6.37. The molecule has 1 saturated carbocycles. The molecule has 0 unspecified atom stereocenters. The van der Waals surface area contributed by atoms with E-state index in [4.69, 9.17) is 5.26 Å². The van der Waals surface area contributed by atoms with Gasteiger partial charge < -0.3 is 4.90 Å². The van der Waals surface area contributed by atoms with Crippen LogP contribution in [0.25, 0.3) is 5.69 Å². The van der Waals surface area contributed by atoms with Crippen LogP contribution in [0.4, 0.5) is 5.95 Å². The molecule has 0 N–H and O–H groups in total. The van der Waals surface area contributed by atoms with E-state index >= 15 is 0 Å². The van der Waals surface area contributed by atoms with E-state index < -0.39 is 0 Å². The number of tetrazole rings is 1. The highest BCUT2D eigenvalue weighted by Gasteiger charge is 2.32. The van der Waals surface area contributed by atoms with Crippen molar-refractivity contribution in [1.29, 1.82) is 5.26 Å². The van der Waals surface area contributed by atoms with Crippen LogP contribution in [-0.4, -0.2) is 32.8 Å². The van der Waals surface area contributed by atoms with Crippen molar-refractivity contribution in [1.82, 2.24) is 20.2 Å². The molecule has 19 heavy (non-hydrogen) atoms. The van der Waals surface area contributed by atoms with Gasteiger partial charge in [-0.25, -0.2) is 0 Å². The lowest BCUT2D eigenvalue weighted by Crippen LogP contribution is -2.29. The van der Waals surface area contributed by atoms with Crippen LogP contribution in [0.1, 0.15) is 19.3 Å². The van der Waals surface area contributed by atoms with Gasteiger partial charge in [-0.3, -0.25) is 0 Å². The Morgan fingerprint density at radius 1 is 1.32 bits per heavy atom. The number of nitriles is 1. The lowest BCUT2D eigenvalue weighted by atomic mass is 10.3. The van der Waals surface area contributed by atoms with Gasteiger partial charge in [0.2, 0.25) is 0 Å². The van der Waals surface area contributed by atoms with Crippen LogP contribution in [0.5, 0.6) is 0 Å².